The fourth-order valence-corrected chi connectivity index (χ4v) is 3.01. The van der Waals surface area contributed by atoms with Crippen molar-refractivity contribution < 1.29 is 9.53 Å². The lowest BCUT2D eigenvalue weighted by molar-refractivity contribution is 0.0383. The second-order valence-corrected chi connectivity index (χ2v) is 6.77. The number of morpholine rings is 1. The van der Waals surface area contributed by atoms with E-state index in [0.29, 0.717) is 24.7 Å². The van der Waals surface area contributed by atoms with Gasteiger partial charge in [0, 0.05) is 38.4 Å². The number of amides is 1. The molecule has 1 aromatic heterocycles. The number of nitrogens with zero attached hydrogens (tertiary/aromatic N) is 3. The van der Waals surface area contributed by atoms with E-state index < -0.39 is 0 Å². The highest BCUT2D eigenvalue weighted by atomic mass is 16.5. The Balaban J connectivity index is 1.54. The van der Waals surface area contributed by atoms with Crippen molar-refractivity contribution in [2.75, 3.05) is 44.7 Å². The van der Waals surface area contributed by atoms with E-state index >= 15 is 0 Å². The van der Waals surface area contributed by atoms with E-state index in [9.17, 15) is 4.79 Å². The van der Waals surface area contributed by atoms with E-state index in [-0.39, 0.29) is 5.91 Å². The largest absolute Gasteiger partial charge is 0.379 e. The van der Waals surface area contributed by atoms with Gasteiger partial charge in [0.1, 0.15) is 5.69 Å². The molecule has 1 aromatic carbocycles. The van der Waals surface area contributed by atoms with Crippen LogP contribution < -0.4 is 10.6 Å². The number of hydrogen-bond donors (Lipinski definition) is 2. The molecule has 0 atom stereocenters. The molecule has 0 spiro atoms. The lowest BCUT2D eigenvalue weighted by Crippen LogP contribution is -2.41. The minimum absolute atomic E-state index is 0.174. The van der Waals surface area contributed by atoms with E-state index in [4.69, 9.17) is 4.74 Å². The fourth-order valence-electron chi connectivity index (χ4n) is 3.01. The van der Waals surface area contributed by atoms with Crippen molar-refractivity contribution in [1.29, 1.82) is 0 Å². The van der Waals surface area contributed by atoms with Crippen LogP contribution in [0.15, 0.2) is 30.3 Å². The Labute approximate surface area is 160 Å². The van der Waals surface area contributed by atoms with E-state index in [1.54, 1.807) is 6.07 Å². The fraction of sp³-hybridized carbons (Fsp3) is 0.450. The number of aromatic nitrogens is 2. The number of ether oxygens (including phenoxy) is 1. The molecule has 1 amide bonds. The zero-order valence-electron chi connectivity index (χ0n) is 16.0. The van der Waals surface area contributed by atoms with Crippen LogP contribution in [0.25, 0.3) is 0 Å². The number of hydrogen-bond acceptors (Lipinski definition) is 6. The summed E-state index contributed by atoms with van der Waals surface area (Å²) in [6, 6.07) is 9.96. The molecule has 2 heterocycles. The standard InChI is InChI=1S/C20H27N5O2/c1-15-4-3-5-17(12-15)14-22-20-23-16(2)13-18(24-20)19(26)21-6-7-25-8-10-27-11-9-25/h3-5,12-13H,6-11,14H2,1-2H3,(H,21,26)(H,22,23,24). The first kappa shape index (κ1) is 19.3. The molecule has 7 heteroatoms. The van der Waals surface area contributed by atoms with Crippen LogP contribution in [0.5, 0.6) is 0 Å². The minimum atomic E-state index is -0.174. The number of nitrogens with one attached hydrogen (secondary N) is 2. The van der Waals surface area contributed by atoms with Crippen molar-refractivity contribution >= 4 is 11.9 Å². The highest BCUT2D eigenvalue weighted by molar-refractivity contribution is 5.92. The number of aryl methyl sites for hydroxylation is 2. The van der Waals surface area contributed by atoms with E-state index in [1.165, 1.54) is 5.56 Å². The van der Waals surface area contributed by atoms with Gasteiger partial charge in [-0.15, -0.1) is 0 Å². The van der Waals surface area contributed by atoms with Crippen LogP contribution in [-0.2, 0) is 11.3 Å². The van der Waals surface area contributed by atoms with Gasteiger partial charge in [0.15, 0.2) is 0 Å². The van der Waals surface area contributed by atoms with Gasteiger partial charge in [-0.3, -0.25) is 9.69 Å². The summed E-state index contributed by atoms with van der Waals surface area (Å²) in [6.07, 6.45) is 0. The Morgan fingerprint density at radius 2 is 2.00 bits per heavy atom. The average molecular weight is 369 g/mol. The quantitative estimate of drug-likeness (QED) is 0.774. The summed E-state index contributed by atoms with van der Waals surface area (Å²) < 4.78 is 5.33. The molecule has 27 heavy (non-hydrogen) atoms. The molecule has 1 fully saturated rings. The highest BCUT2D eigenvalue weighted by Crippen LogP contribution is 2.09. The van der Waals surface area contributed by atoms with E-state index in [0.717, 1.165) is 44.1 Å². The lowest BCUT2D eigenvalue weighted by atomic mass is 10.1. The molecule has 1 saturated heterocycles. The molecule has 144 valence electrons. The lowest BCUT2D eigenvalue weighted by Gasteiger charge is -2.26. The van der Waals surface area contributed by atoms with Gasteiger partial charge >= 0.3 is 0 Å². The molecule has 0 aliphatic carbocycles. The van der Waals surface area contributed by atoms with Gasteiger partial charge < -0.3 is 15.4 Å². The van der Waals surface area contributed by atoms with Crippen LogP contribution >= 0.6 is 0 Å². The molecule has 1 aliphatic heterocycles. The number of rotatable bonds is 7. The van der Waals surface area contributed by atoms with Crippen LogP contribution in [0.2, 0.25) is 0 Å². The van der Waals surface area contributed by atoms with Crippen LogP contribution in [-0.4, -0.2) is 60.2 Å². The average Bonchev–Trinajstić information content (AvgIpc) is 2.67. The minimum Gasteiger partial charge on any atom is -0.379 e. The monoisotopic (exact) mass is 369 g/mol. The molecule has 3 rings (SSSR count). The smallest absolute Gasteiger partial charge is 0.270 e. The Bertz CT molecular complexity index is 775. The molecular weight excluding hydrogens is 342 g/mol. The summed E-state index contributed by atoms with van der Waals surface area (Å²) in [4.78, 5) is 23.5. The molecule has 0 radical (unpaired) electrons. The van der Waals surface area contributed by atoms with Crippen molar-refractivity contribution in [2.24, 2.45) is 0 Å². The van der Waals surface area contributed by atoms with Gasteiger partial charge in [-0.25, -0.2) is 9.97 Å². The van der Waals surface area contributed by atoms with Crippen molar-refractivity contribution in [3.8, 4) is 0 Å². The Morgan fingerprint density at radius 1 is 1.19 bits per heavy atom. The summed E-state index contributed by atoms with van der Waals surface area (Å²) in [5, 5.41) is 6.15. The third kappa shape index (κ3) is 6.01. The van der Waals surface area contributed by atoms with E-state index in [2.05, 4.69) is 50.6 Å². The third-order valence-corrected chi connectivity index (χ3v) is 4.44. The number of benzene rings is 1. The van der Waals surface area contributed by atoms with Crippen molar-refractivity contribution in [3.63, 3.8) is 0 Å². The summed E-state index contributed by atoms with van der Waals surface area (Å²) in [5.74, 6) is 0.294. The van der Waals surface area contributed by atoms with Gasteiger partial charge in [-0.2, -0.15) is 0 Å². The number of anilines is 1. The van der Waals surface area contributed by atoms with Gasteiger partial charge in [0.05, 0.1) is 13.2 Å². The Hall–Kier alpha value is -2.51. The summed E-state index contributed by atoms with van der Waals surface area (Å²) in [6.45, 7) is 9.29. The highest BCUT2D eigenvalue weighted by Gasteiger charge is 2.13. The Kier molecular flexibility index (Phi) is 6.73. The van der Waals surface area contributed by atoms with Crippen LogP contribution in [0.4, 0.5) is 5.95 Å². The van der Waals surface area contributed by atoms with Crippen LogP contribution in [0.3, 0.4) is 0 Å². The van der Waals surface area contributed by atoms with Crippen molar-refractivity contribution in [1.82, 2.24) is 20.2 Å². The van der Waals surface area contributed by atoms with Crippen LogP contribution in [0.1, 0.15) is 27.3 Å². The summed E-state index contributed by atoms with van der Waals surface area (Å²) in [7, 11) is 0. The molecule has 0 saturated carbocycles. The van der Waals surface area contributed by atoms with Gasteiger partial charge in [0.25, 0.3) is 5.91 Å². The summed E-state index contributed by atoms with van der Waals surface area (Å²) >= 11 is 0. The number of carbonyl (C=O) groups excluding carboxylic acids is 1. The van der Waals surface area contributed by atoms with Gasteiger partial charge in [0.2, 0.25) is 5.95 Å². The molecule has 2 aromatic rings. The topological polar surface area (TPSA) is 79.4 Å². The maximum Gasteiger partial charge on any atom is 0.270 e. The molecule has 1 aliphatic rings. The predicted molar refractivity (Wildman–Crippen MR) is 105 cm³/mol. The first-order valence-corrected chi connectivity index (χ1v) is 9.33. The predicted octanol–water partition coefficient (Wildman–Crippen LogP) is 1.77. The number of carbonyl (C=O) groups is 1. The zero-order chi connectivity index (χ0) is 19.1. The Morgan fingerprint density at radius 3 is 2.78 bits per heavy atom. The van der Waals surface area contributed by atoms with Gasteiger partial charge in [-0.1, -0.05) is 29.8 Å². The van der Waals surface area contributed by atoms with Crippen LogP contribution in [0, 0.1) is 13.8 Å². The molecule has 7 nitrogen and oxygen atoms in total. The SMILES string of the molecule is Cc1cccc(CNc2nc(C)cc(C(=O)NCCN3CCOCC3)n2)c1. The first-order chi connectivity index (χ1) is 13.1. The van der Waals surface area contributed by atoms with Gasteiger partial charge in [-0.05, 0) is 25.5 Å². The molecule has 0 unspecified atom stereocenters. The maximum atomic E-state index is 12.4. The maximum absolute atomic E-state index is 12.4. The summed E-state index contributed by atoms with van der Waals surface area (Å²) in [5.41, 5.74) is 3.50. The molecule has 0 bridgehead atoms. The second-order valence-electron chi connectivity index (χ2n) is 6.77. The van der Waals surface area contributed by atoms with Crippen molar-refractivity contribution in [2.45, 2.75) is 20.4 Å². The normalized spacial score (nSPS) is 14.7. The molecular formula is C20H27N5O2. The first-order valence-electron chi connectivity index (χ1n) is 9.33. The zero-order valence-corrected chi connectivity index (χ0v) is 16.0. The van der Waals surface area contributed by atoms with E-state index in [1.807, 2.05) is 13.0 Å². The second kappa shape index (κ2) is 9.43. The molecule has 2 N–H and O–H groups in total. The van der Waals surface area contributed by atoms with Crippen molar-refractivity contribution in [3.05, 3.63) is 52.8 Å². The third-order valence-electron chi connectivity index (χ3n) is 4.44.